The molecule has 0 radical (unpaired) electrons. The lowest BCUT2D eigenvalue weighted by atomic mass is 10.2. The highest BCUT2D eigenvalue weighted by Crippen LogP contribution is 2.14. The second kappa shape index (κ2) is 4.77. The van der Waals surface area contributed by atoms with Crippen molar-refractivity contribution in [3.8, 4) is 0 Å². The van der Waals surface area contributed by atoms with E-state index >= 15 is 0 Å². The van der Waals surface area contributed by atoms with Crippen molar-refractivity contribution in [3.63, 3.8) is 0 Å². The minimum absolute atomic E-state index is 0.526. The minimum Gasteiger partial charge on any atom is -0.377 e. The Morgan fingerprint density at radius 2 is 2.00 bits per heavy atom. The van der Waals surface area contributed by atoms with Crippen molar-refractivity contribution in [3.05, 3.63) is 12.2 Å². The Kier molecular flexibility index (Phi) is 3.39. The van der Waals surface area contributed by atoms with Gasteiger partial charge in [0.25, 0.3) is 0 Å². The second-order valence-corrected chi connectivity index (χ2v) is 3.98. The molecule has 2 aliphatic rings. The van der Waals surface area contributed by atoms with Gasteiger partial charge in [0.2, 0.25) is 0 Å². The quantitative estimate of drug-likeness (QED) is 0.602. The van der Waals surface area contributed by atoms with Crippen LogP contribution >= 0.6 is 0 Å². The van der Waals surface area contributed by atoms with E-state index in [-0.39, 0.29) is 0 Å². The van der Waals surface area contributed by atoms with Crippen LogP contribution in [0.25, 0.3) is 0 Å². The number of hydrogen-bond donors (Lipinski definition) is 0. The molecule has 2 aliphatic heterocycles. The van der Waals surface area contributed by atoms with E-state index in [1.165, 1.54) is 38.8 Å². The molecule has 0 N–H and O–H groups in total. The van der Waals surface area contributed by atoms with Crippen molar-refractivity contribution in [2.45, 2.75) is 31.8 Å². The summed E-state index contributed by atoms with van der Waals surface area (Å²) in [5.74, 6) is 0. The third-order valence-corrected chi connectivity index (χ3v) is 2.88. The molecular weight excluding hydrogens is 162 g/mol. The molecule has 0 saturated carbocycles. The summed E-state index contributed by atoms with van der Waals surface area (Å²) in [5.41, 5.74) is 0. The van der Waals surface area contributed by atoms with Gasteiger partial charge in [0.05, 0.1) is 6.10 Å². The largest absolute Gasteiger partial charge is 0.377 e. The molecule has 0 aliphatic carbocycles. The Labute approximate surface area is 80.6 Å². The van der Waals surface area contributed by atoms with Crippen LogP contribution in [0.4, 0.5) is 0 Å². The summed E-state index contributed by atoms with van der Waals surface area (Å²) in [6.07, 6.45) is 10.1. The van der Waals surface area contributed by atoms with Gasteiger partial charge in [0.15, 0.2) is 0 Å². The van der Waals surface area contributed by atoms with Crippen molar-refractivity contribution < 1.29 is 4.74 Å². The molecule has 74 valence electrons. The van der Waals surface area contributed by atoms with Crippen molar-refractivity contribution in [2.75, 3.05) is 26.2 Å². The van der Waals surface area contributed by atoms with Crippen LogP contribution in [0.3, 0.4) is 0 Å². The van der Waals surface area contributed by atoms with Gasteiger partial charge in [-0.1, -0.05) is 12.2 Å². The summed E-state index contributed by atoms with van der Waals surface area (Å²) in [5, 5.41) is 0. The predicted molar refractivity (Wildman–Crippen MR) is 53.8 cm³/mol. The van der Waals surface area contributed by atoms with E-state index in [1.807, 2.05) is 0 Å². The van der Waals surface area contributed by atoms with Crippen LogP contribution in [-0.4, -0.2) is 37.2 Å². The zero-order valence-electron chi connectivity index (χ0n) is 8.24. The highest BCUT2D eigenvalue weighted by atomic mass is 16.5. The highest BCUT2D eigenvalue weighted by Gasteiger charge is 2.18. The zero-order chi connectivity index (χ0) is 8.93. The van der Waals surface area contributed by atoms with Gasteiger partial charge in [0.1, 0.15) is 0 Å². The van der Waals surface area contributed by atoms with Crippen molar-refractivity contribution in [1.82, 2.24) is 4.90 Å². The fourth-order valence-electron chi connectivity index (χ4n) is 2.12. The van der Waals surface area contributed by atoms with Crippen molar-refractivity contribution in [1.29, 1.82) is 0 Å². The lowest BCUT2D eigenvalue weighted by Gasteiger charge is -2.22. The molecule has 0 aromatic carbocycles. The Morgan fingerprint density at radius 3 is 2.62 bits per heavy atom. The summed E-state index contributed by atoms with van der Waals surface area (Å²) in [6.45, 7) is 4.57. The average Bonchev–Trinajstić information content (AvgIpc) is 2.49. The van der Waals surface area contributed by atoms with E-state index < -0.39 is 0 Å². The molecule has 2 rings (SSSR count). The number of ether oxygens (including phenoxy) is 1. The molecule has 1 unspecified atom stereocenters. The van der Waals surface area contributed by atoms with Gasteiger partial charge in [-0.15, -0.1) is 0 Å². The summed E-state index contributed by atoms with van der Waals surface area (Å²) in [7, 11) is 0. The first-order chi connectivity index (χ1) is 6.45. The van der Waals surface area contributed by atoms with Crippen molar-refractivity contribution in [2.24, 2.45) is 0 Å². The van der Waals surface area contributed by atoms with Gasteiger partial charge >= 0.3 is 0 Å². The maximum Gasteiger partial charge on any atom is 0.0702 e. The minimum atomic E-state index is 0.526. The molecule has 1 saturated heterocycles. The Morgan fingerprint density at radius 1 is 1.23 bits per heavy atom. The number of rotatable bonds is 2. The van der Waals surface area contributed by atoms with Gasteiger partial charge in [-0.25, -0.2) is 0 Å². The predicted octanol–water partition coefficient (Wildman–Crippen LogP) is 1.82. The van der Waals surface area contributed by atoms with Crippen molar-refractivity contribution >= 4 is 0 Å². The van der Waals surface area contributed by atoms with Crippen LogP contribution in [0.5, 0.6) is 0 Å². The standard InChI is InChI=1S/C11H19NO/c1-2-4-8-12(7-3-1)10-11-6-5-9-13-11/h1-2,11H,3-10H2. The van der Waals surface area contributed by atoms with Crippen LogP contribution in [0.15, 0.2) is 12.2 Å². The molecule has 0 aromatic rings. The molecule has 2 nitrogen and oxygen atoms in total. The molecule has 0 aromatic heterocycles. The fraction of sp³-hybridized carbons (Fsp3) is 0.818. The van der Waals surface area contributed by atoms with Gasteiger partial charge in [0, 0.05) is 26.2 Å². The summed E-state index contributed by atoms with van der Waals surface area (Å²) < 4.78 is 5.63. The molecule has 2 heteroatoms. The van der Waals surface area contributed by atoms with Crippen LogP contribution in [0.2, 0.25) is 0 Å². The summed E-state index contributed by atoms with van der Waals surface area (Å²) >= 11 is 0. The normalized spacial score (nSPS) is 30.6. The molecular formula is C11H19NO. The topological polar surface area (TPSA) is 12.5 Å². The van der Waals surface area contributed by atoms with Gasteiger partial charge in [-0.05, 0) is 25.7 Å². The van der Waals surface area contributed by atoms with Gasteiger partial charge in [-0.3, -0.25) is 0 Å². The van der Waals surface area contributed by atoms with Gasteiger partial charge < -0.3 is 9.64 Å². The van der Waals surface area contributed by atoms with E-state index in [1.54, 1.807) is 0 Å². The Hall–Kier alpha value is -0.340. The molecule has 0 amide bonds. The zero-order valence-corrected chi connectivity index (χ0v) is 8.24. The van der Waals surface area contributed by atoms with Gasteiger partial charge in [-0.2, -0.15) is 0 Å². The first kappa shape index (κ1) is 9.22. The average molecular weight is 181 g/mol. The van der Waals surface area contributed by atoms with Crippen LogP contribution in [-0.2, 0) is 4.74 Å². The smallest absolute Gasteiger partial charge is 0.0702 e. The first-order valence-electron chi connectivity index (χ1n) is 5.44. The lowest BCUT2D eigenvalue weighted by molar-refractivity contribution is 0.0748. The molecule has 1 fully saturated rings. The van der Waals surface area contributed by atoms with Crippen LogP contribution in [0, 0.1) is 0 Å². The molecule has 0 spiro atoms. The maximum atomic E-state index is 5.63. The Bertz CT molecular complexity index is 163. The van der Waals surface area contributed by atoms with E-state index in [9.17, 15) is 0 Å². The summed E-state index contributed by atoms with van der Waals surface area (Å²) in [6, 6.07) is 0. The number of hydrogen-bond acceptors (Lipinski definition) is 2. The van der Waals surface area contributed by atoms with E-state index in [0.29, 0.717) is 6.10 Å². The molecule has 1 atom stereocenters. The molecule has 0 bridgehead atoms. The monoisotopic (exact) mass is 181 g/mol. The molecule has 2 heterocycles. The molecule has 13 heavy (non-hydrogen) atoms. The summed E-state index contributed by atoms with van der Waals surface area (Å²) in [4.78, 5) is 2.54. The van der Waals surface area contributed by atoms with E-state index in [4.69, 9.17) is 4.74 Å². The third kappa shape index (κ3) is 2.82. The highest BCUT2D eigenvalue weighted by molar-refractivity contribution is 4.87. The van der Waals surface area contributed by atoms with E-state index in [0.717, 1.165) is 13.2 Å². The third-order valence-electron chi connectivity index (χ3n) is 2.88. The second-order valence-electron chi connectivity index (χ2n) is 3.98. The maximum absolute atomic E-state index is 5.63. The van der Waals surface area contributed by atoms with Crippen LogP contribution in [0.1, 0.15) is 25.7 Å². The fourth-order valence-corrected chi connectivity index (χ4v) is 2.12. The van der Waals surface area contributed by atoms with E-state index in [2.05, 4.69) is 17.1 Å². The number of nitrogens with zero attached hydrogens (tertiary/aromatic N) is 1. The SMILES string of the molecule is C1=CCCN(CC2CCCO2)CC1. The first-order valence-corrected chi connectivity index (χ1v) is 5.44. The Balaban J connectivity index is 1.73. The lowest BCUT2D eigenvalue weighted by Crippen LogP contribution is -2.32. The van der Waals surface area contributed by atoms with Crippen LogP contribution < -0.4 is 0 Å².